The molecule has 0 aliphatic carbocycles. The molecule has 1 N–H and O–H groups in total. The van der Waals surface area contributed by atoms with Gasteiger partial charge in [-0.15, -0.1) is 0 Å². The lowest BCUT2D eigenvalue weighted by Gasteiger charge is -2.15. The van der Waals surface area contributed by atoms with E-state index < -0.39 is 29.9 Å². The van der Waals surface area contributed by atoms with Gasteiger partial charge in [-0.05, 0) is 28.1 Å². The van der Waals surface area contributed by atoms with E-state index in [2.05, 4.69) is 20.7 Å². The number of hydrogen-bond acceptors (Lipinski definition) is 2. The minimum absolute atomic E-state index is 0.170. The van der Waals surface area contributed by atoms with Crippen LogP contribution in [0.25, 0.3) is 0 Å². The van der Waals surface area contributed by atoms with Gasteiger partial charge in [0.25, 0.3) is 0 Å². The highest BCUT2D eigenvalue weighted by Gasteiger charge is 2.37. The summed E-state index contributed by atoms with van der Waals surface area (Å²) in [4.78, 5) is 0. The molecule has 0 amide bonds. The lowest BCUT2D eigenvalue weighted by atomic mass is 10.2. The minimum Gasteiger partial charge on any atom is -0.503 e. The first-order valence-corrected chi connectivity index (χ1v) is 4.56. The molecule has 0 aromatic heterocycles. The molecule has 0 aliphatic heterocycles. The summed E-state index contributed by atoms with van der Waals surface area (Å²) in [6, 6.07) is 1.41. The topological polar surface area (TPSA) is 29.5 Å². The van der Waals surface area contributed by atoms with Crippen molar-refractivity contribution in [2.75, 3.05) is 0 Å². The number of hydrogen-bond donors (Lipinski definition) is 1. The predicted octanol–water partition coefficient (Wildman–Crippen LogP) is 3.77. The molecule has 0 radical (unpaired) electrons. The van der Waals surface area contributed by atoms with Crippen LogP contribution >= 0.6 is 15.9 Å². The van der Waals surface area contributed by atoms with Crippen molar-refractivity contribution >= 4 is 15.9 Å². The van der Waals surface area contributed by atoms with Crippen LogP contribution in [0.1, 0.15) is 5.56 Å². The fourth-order valence-corrected chi connectivity index (χ4v) is 1.29. The Morgan fingerprint density at radius 2 is 1.81 bits per heavy atom. The van der Waals surface area contributed by atoms with Crippen LogP contribution < -0.4 is 4.74 Å². The Hall–Kier alpha value is -1.05. The normalized spacial score (nSPS) is 11.9. The summed E-state index contributed by atoms with van der Waals surface area (Å²) < 4.78 is 64.3. The Morgan fingerprint density at radius 1 is 1.25 bits per heavy atom. The zero-order chi connectivity index (χ0) is 12.5. The van der Waals surface area contributed by atoms with Crippen molar-refractivity contribution in [3.8, 4) is 11.5 Å². The second-order valence-corrected chi connectivity index (χ2v) is 3.50. The average molecular weight is 307 g/mol. The summed E-state index contributed by atoms with van der Waals surface area (Å²) in [7, 11) is 0. The molecule has 0 bridgehead atoms. The van der Waals surface area contributed by atoms with E-state index in [-0.39, 0.29) is 4.47 Å². The zero-order valence-electron chi connectivity index (χ0n) is 7.36. The number of alkyl halides is 5. The van der Waals surface area contributed by atoms with Gasteiger partial charge in [-0.1, -0.05) is 0 Å². The fraction of sp³-hybridized carbons (Fsp3) is 0.250. The van der Waals surface area contributed by atoms with Gasteiger partial charge in [0.2, 0.25) is 0 Å². The first-order chi connectivity index (χ1) is 7.23. The van der Waals surface area contributed by atoms with Gasteiger partial charge in [-0.3, -0.25) is 0 Å². The lowest BCUT2D eigenvalue weighted by molar-refractivity contribution is -0.142. The number of benzene rings is 1. The molecule has 1 rings (SSSR count). The highest BCUT2D eigenvalue weighted by molar-refractivity contribution is 9.10. The lowest BCUT2D eigenvalue weighted by Crippen LogP contribution is -2.11. The summed E-state index contributed by atoms with van der Waals surface area (Å²) in [5.41, 5.74) is -1.46. The molecule has 0 saturated heterocycles. The highest BCUT2D eigenvalue weighted by Crippen LogP contribution is 2.45. The fourth-order valence-electron chi connectivity index (χ4n) is 0.979. The predicted molar refractivity (Wildman–Crippen MR) is 47.4 cm³/mol. The molecule has 8 heteroatoms. The van der Waals surface area contributed by atoms with Crippen LogP contribution in [-0.2, 0) is 6.18 Å². The number of phenols is 1. The first-order valence-electron chi connectivity index (χ1n) is 3.77. The van der Waals surface area contributed by atoms with Crippen LogP contribution in [0, 0.1) is 0 Å². The van der Waals surface area contributed by atoms with E-state index in [9.17, 15) is 27.1 Å². The van der Waals surface area contributed by atoms with Crippen LogP contribution in [-0.4, -0.2) is 11.7 Å². The van der Waals surface area contributed by atoms with Crippen LogP contribution in [0.4, 0.5) is 22.0 Å². The third-order valence-electron chi connectivity index (χ3n) is 1.59. The number of ether oxygens (including phenoxy) is 1. The summed E-state index contributed by atoms with van der Waals surface area (Å²) in [5.74, 6) is -2.31. The van der Waals surface area contributed by atoms with Gasteiger partial charge in [0, 0.05) is 0 Å². The molecular weight excluding hydrogens is 303 g/mol. The molecule has 0 aliphatic rings. The molecular formula is C8H4BrF5O2. The monoisotopic (exact) mass is 306 g/mol. The number of halogens is 6. The quantitative estimate of drug-likeness (QED) is 0.843. The molecule has 1 aromatic rings. The molecule has 16 heavy (non-hydrogen) atoms. The van der Waals surface area contributed by atoms with Gasteiger partial charge < -0.3 is 9.84 Å². The molecule has 0 heterocycles. The molecule has 0 saturated carbocycles. The second-order valence-electron chi connectivity index (χ2n) is 2.65. The molecule has 0 unspecified atom stereocenters. The van der Waals surface area contributed by atoms with E-state index in [0.717, 1.165) is 6.07 Å². The van der Waals surface area contributed by atoms with Gasteiger partial charge in [0.15, 0.2) is 11.5 Å². The van der Waals surface area contributed by atoms with Crippen molar-refractivity contribution in [2.24, 2.45) is 0 Å². The summed E-state index contributed by atoms with van der Waals surface area (Å²) in [6.45, 7) is -3.46. The second kappa shape index (κ2) is 4.44. The third kappa shape index (κ3) is 2.75. The van der Waals surface area contributed by atoms with E-state index in [1.165, 1.54) is 0 Å². The Kier molecular flexibility index (Phi) is 3.61. The maximum atomic E-state index is 12.4. The van der Waals surface area contributed by atoms with E-state index in [4.69, 9.17) is 0 Å². The van der Waals surface area contributed by atoms with Gasteiger partial charge in [-0.2, -0.15) is 22.0 Å². The highest BCUT2D eigenvalue weighted by atomic mass is 79.9. The number of aromatic hydroxyl groups is 1. The van der Waals surface area contributed by atoms with E-state index >= 15 is 0 Å². The Morgan fingerprint density at radius 3 is 2.25 bits per heavy atom. The van der Waals surface area contributed by atoms with E-state index in [1.807, 2.05) is 0 Å². The van der Waals surface area contributed by atoms with Gasteiger partial charge in [0.1, 0.15) is 5.56 Å². The van der Waals surface area contributed by atoms with Crippen molar-refractivity contribution in [1.29, 1.82) is 0 Å². The Bertz CT molecular complexity index is 391. The van der Waals surface area contributed by atoms with Gasteiger partial charge in [0.05, 0.1) is 4.47 Å². The molecule has 90 valence electrons. The van der Waals surface area contributed by atoms with Crippen molar-refractivity contribution in [1.82, 2.24) is 0 Å². The van der Waals surface area contributed by atoms with Crippen LogP contribution in [0.2, 0.25) is 0 Å². The van der Waals surface area contributed by atoms with E-state index in [1.54, 1.807) is 0 Å². The number of phenolic OH excluding ortho intramolecular Hbond substituents is 1. The third-order valence-corrected chi connectivity index (χ3v) is 2.23. The maximum Gasteiger partial charge on any atom is 0.420 e. The van der Waals surface area contributed by atoms with Crippen molar-refractivity contribution in [3.63, 3.8) is 0 Å². The first kappa shape index (κ1) is 13.0. The minimum atomic E-state index is -4.89. The van der Waals surface area contributed by atoms with Crippen molar-refractivity contribution < 1.29 is 31.8 Å². The number of rotatable bonds is 2. The SMILES string of the molecule is Oc1c(Br)ccc(C(F)(F)F)c1OC(F)F. The molecule has 1 aromatic carbocycles. The van der Waals surface area contributed by atoms with Crippen LogP contribution in [0.15, 0.2) is 16.6 Å². The molecule has 0 atom stereocenters. The van der Waals surface area contributed by atoms with Crippen molar-refractivity contribution in [3.05, 3.63) is 22.2 Å². The standard InChI is InChI=1S/C8H4BrF5O2/c9-4-2-1-3(8(12,13)14)6(5(4)15)16-7(10)11/h1-2,7,15H. The largest absolute Gasteiger partial charge is 0.503 e. The summed E-state index contributed by atoms with van der Waals surface area (Å²) in [5, 5.41) is 9.19. The van der Waals surface area contributed by atoms with Gasteiger partial charge >= 0.3 is 12.8 Å². The maximum absolute atomic E-state index is 12.4. The zero-order valence-corrected chi connectivity index (χ0v) is 8.94. The average Bonchev–Trinajstić information content (AvgIpc) is 2.10. The smallest absolute Gasteiger partial charge is 0.420 e. The van der Waals surface area contributed by atoms with E-state index in [0.29, 0.717) is 6.07 Å². The van der Waals surface area contributed by atoms with Crippen LogP contribution in [0.5, 0.6) is 11.5 Å². The summed E-state index contributed by atoms with van der Waals surface area (Å²) in [6.07, 6.45) is -4.89. The molecule has 0 spiro atoms. The Labute approximate surface area is 94.8 Å². The molecule has 0 fully saturated rings. The van der Waals surface area contributed by atoms with Crippen LogP contribution in [0.3, 0.4) is 0 Å². The molecule has 2 nitrogen and oxygen atoms in total. The Balaban J connectivity index is 3.33. The summed E-state index contributed by atoms with van der Waals surface area (Å²) >= 11 is 2.69. The van der Waals surface area contributed by atoms with Gasteiger partial charge in [-0.25, -0.2) is 0 Å². The van der Waals surface area contributed by atoms with Crippen molar-refractivity contribution in [2.45, 2.75) is 12.8 Å².